The van der Waals surface area contributed by atoms with Crippen molar-refractivity contribution in [2.45, 2.75) is 18.5 Å². The maximum absolute atomic E-state index is 12.4. The van der Waals surface area contributed by atoms with Gasteiger partial charge in [-0.15, -0.1) is 5.10 Å². The van der Waals surface area contributed by atoms with Crippen LogP contribution in [0.2, 0.25) is 0 Å². The second kappa shape index (κ2) is 5.69. The number of nitrogens with zero attached hydrogens (tertiary/aromatic N) is 4. The molecule has 0 fully saturated rings. The maximum Gasteiger partial charge on any atom is 0.209 e. The maximum atomic E-state index is 12.4. The Hall–Kier alpha value is -2.15. The Kier molecular flexibility index (Phi) is 3.74. The number of carbonyl (C=O) groups is 1. The van der Waals surface area contributed by atoms with Gasteiger partial charge < -0.3 is 4.98 Å². The summed E-state index contributed by atoms with van der Waals surface area (Å²) in [5, 5.41) is 12.8. The number of carbonyl (C=O) groups excluding carboxylic acids is 1. The minimum atomic E-state index is 0.0718. The van der Waals surface area contributed by atoms with Gasteiger partial charge in [0.25, 0.3) is 0 Å². The van der Waals surface area contributed by atoms with Crippen molar-refractivity contribution in [3.8, 4) is 0 Å². The van der Waals surface area contributed by atoms with Crippen LogP contribution in [0.1, 0.15) is 22.8 Å². The van der Waals surface area contributed by atoms with Gasteiger partial charge in [-0.05, 0) is 22.4 Å². The molecule has 0 bridgehead atoms. The number of thioether (sulfide) groups is 1. The number of H-pyrrole nitrogens is 1. The van der Waals surface area contributed by atoms with Crippen LogP contribution in [0.5, 0.6) is 0 Å². The van der Waals surface area contributed by atoms with Gasteiger partial charge in [0.1, 0.15) is 0 Å². The average Bonchev–Trinajstić information content (AvgIpc) is 3.10. The molecular weight excluding hydrogens is 286 g/mol. The molecule has 0 saturated heterocycles. The highest BCUT2D eigenvalue weighted by Crippen LogP contribution is 2.24. The Morgan fingerprint density at radius 3 is 3.00 bits per heavy atom. The van der Waals surface area contributed by atoms with Crippen LogP contribution in [-0.4, -0.2) is 36.7 Å². The van der Waals surface area contributed by atoms with Gasteiger partial charge in [0.15, 0.2) is 5.78 Å². The minimum Gasteiger partial charge on any atom is -0.360 e. The van der Waals surface area contributed by atoms with Crippen LogP contribution in [0.4, 0.5) is 0 Å². The number of rotatable bonds is 5. The zero-order valence-electron chi connectivity index (χ0n) is 11.8. The van der Waals surface area contributed by atoms with Crippen LogP contribution >= 0.6 is 11.8 Å². The highest BCUT2D eigenvalue weighted by Gasteiger charge is 2.15. The van der Waals surface area contributed by atoms with Crippen LogP contribution in [0, 0.1) is 0 Å². The molecule has 1 aromatic carbocycles. The molecule has 0 aliphatic heterocycles. The van der Waals surface area contributed by atoms with Crippen molar-refractivity contribution in [1.82, 2.24) is 25.2 Å². The number of hydrogen-bond acceptors (Lipinski definition) is 5. The number of aromatic amines is 1. The number of benzene rings is 1. The van der Waals surface area contributed by atoms with E-state index >= 15 is 0 Å². The van der Waals surface area contributed by atoms with Crippen molar-refractivity contribution in [2.75, 3.05) is 5.75 Å². The number of Topliss-reactive ketones (excluding diaryl/α,β-unsaturated/α-hetero) is 1. The van der Waals surface area contributed by atoms with Gasteiger partial charge >= 0.3 is 0 Å². The Morgan fingerprint density at radius 2 is 2.29 bits per heavy atom. The normalized spacial score (nSPS) is 11.1. The Bertz CT molecular complexity index is 792. The van der Waals surface area contributed by atoms with Crippen molar-refractivity contribution in [1.29, 1.82) is 0 Å². The molecule has 0 radical (unpaired) electrons. The standard InChI is InChI=1S/C14H15N5OS/c1-3-9-5-4-6-10-11(7-15-13(9)10)12(20)8-21-14-16-17-18-19(14)2/h4-7,15H,3,8H2,1-2H3. The number of ketones is 1. The Balaban J connectivity index is 1.83. The lowest BCUT2D eigenvalue weighted by Gasteiger charge is -2.01. The fraction of sp³-hybridized carbons (Fsp3) is 0.286. The fourth-order valence-corrected chi connectivity index (χ4v) is 3.03. The van der Waals surface area contributed by atoms with Gasteiger partial charge in [-0.25, -0.2) is 4.68 Å². The fourth-order valence-electron chi connectivity index (χ4n) is 2.29. The number of nitrogens with one attached hydrogen (secondary N) is 1. The molecule has 21 heavy (non-hydrogen) atoms. The van der Waals surface area contributed by atoms with E-state index in [1.54, 1.807) is 17.9 Å². The van der Waals surface area contributed by atoms with E-state index in [4.69, 9.17) is 0 Å². The smallest absolute Gasteiger partial charge is 0.209 e. The van der Waals surface area contributed by atoms with Crippen molar-refractivity contribution >= 4 is 28.4 Å². The number of fused-ring (bicyclic) bond motifs is 1. The Morgan fingerprint density at radius 1 is 1.43 bits per heavy atom. The van der Waals surface area contributed by atoms with Gasteiger partial charge in [-0.2, -0.15) is 0 Å². The van der Waals surface area contributed by atoms with E-state index in [1.807, 2.05) is 12.1 Å². The van der Waals surface area contributed by atoms with E-state index < -0.39 is 0 Å². The van der Waals surface area contributed by atoms with Crippen LogP contribution in [0.25, 0.3) is 10.9 Å². The van der Waals surface area contributed by atoms with Crippen molar-refractivity contribution in [3.63, 3.8) is 0 Å². The molecule has 0 unspecified atom stereocenters. The van der Waals surface area contributed by atoms with Gasteiger partial charge in [-0.3, -0.25) is 4.79 Å². The molecule has 0 amide bonds. The summed E-state index contributed by atoms with van der Waals surface area (Å²) < 4.78 is 1.56. The quantitative estimate of drug-likeness (QED) is 0.577. The van der Waals surface area contributed by atoms with E-state index in [-0.39, 0.29) is 5.78 Å². The molecule has 108 valence electrons. The highest BCUT2D eigenvalue weighted by atomic mass is 32.2. The second-order valence-electron chi connectivity index (χ2n) is 4.69. The first-order chi connectivity index (χ1) is 10.2. The van der Waals surface area contributed by atoms with E-state index in [1.165, 1.54) is 17.3 Å². The van der Waals surface area contributed by atoms with Crippen LogP contribution in [0.3, 0.4) is 0 Å². The van der Waals surface area contributed by atoms with Crippen molar-refractivity contribution in [3.05, 3.63) is 35.5 Å². The summed E-state index contributed by atoms with van der Waals surface area (Å²) in [7, 11) is 1.76. The first-order valence-corrected chi connectivity index (χ1v) is 7.66. The Labute approximate surface area is 125 Å². The van der Waals surface area contributed by atoms with E-state index in [0.29, 0.717) is 10.9 Å². The number of para-hydroxylation sites is 1. The number of hydrogen-bond donors (Lipinski definition) is 1. The second-order valence-corrected chi connectivity index (χ2v) is 5.64. The van der Waals surface area contributed by atoms with Gasteiger partial charge in [0.2, 0.25) is 5.16 Å². The van der Waals surface area contributed by atoms with Gasteiger partial charge in [0, 0.05) is 29.7 Å². The molecule has 0 atom stereocenters. The molecule has 1 N–H and O–H groups in total. The molecule has 3 rings (SSSR count). The summed E-state index contributed by atoms with van der Waals surface area (Å²) in [4.78, 5) is 15.6. The molecule has 3 aromatic rings. The molecule has 0 saturated carbocycles. The summed E-state index contributed by atoms with van der Waals surface area (Å²) in [6.45, 7) is 2.11. The average molecular weight is 301 g/mol. The van der Waals surface area contributed by atoms with Gasteiger partial charge in [0.05, 0.1) is 5.75 Å². The lowest BCUT2D eigenvalue weighted by molar-refractivity contribution is 0.102. The predicted molar refractivity (Wildman–Crippen MR) is 81.5 cm³/mol. The van der Waals surface area contributed by atoms with Crippen LogP contribution < -0.4 is 0 Å². The summed E-state index contributed by atoms with van der Waals surface area (Å²) in [5.74, 6) is 0.389. The van der Waals surface area contributed by atoms with Crippen molar-refractivity contribution in [2.24, 2.45) is 7.05 Å². The third-order valence-corrected chi connectivity index (χ3v) is 4.41. The molecule has 6 nitrogen and oxygen atoms in total. The minimum absolute atomic E-state index is 0.0718. The summed E-state index contributed by atoms with van der Waals surface area (Å²) in [5.41, 5.74) is 2.99. The number of tetrazole rings is 1. The monoisotopic (exact) mass is 301 g/mol. The molecule has 0 spiro atoms. The van der Waals surface area contributed by atoms with E-state index in [2.05, 4.69) is 33.5 Å². The van der Waals surface area contributed by atoms with Gasteiger partial charge in [-0.1, -0.05) is 36.9 Å². The number of aromatic nitrogens is 5. The highest BCUT2D eigenvalue weighted by molar-refractivity contribution is 7.99. The topological polar surface area (TPSA) is 76.5 Å². The SMILES string of the molecule is CCc1cccc2c(C(=O)CSc3nnnn3C)c[nH]c12. The summed E-state index contributed by atoms with van der Waals surface area (Å²) >= 11 is 1.34. The zero-order chi connectivity index (χ0) is 14.8. The molecule has 2 aromatic heterocycles. The third-order valence-electron chi connectivity index (χ3n) is 3.40. The largest absolute Gasteiger partial charge is 0.360 e. The van der Waals surface area contributed by atoms with Crippen LogP contribution in [0.15, 0.2) is 29.6 Å². The van der Waals surface area contributed by atoms with E-state index in [9.17, 15) is 4.79 Å². The molecule has 0 aliphatic carbocycles. The first-order valence-electron chi connectivity index (χ1n) is 6.68. The van der Waals surface area contributed by atoms with Crippen molar-refractivity contribution < 1.29 is 4.79 Å². The lowest BCUT2D eigenvalue weighted by atomic mass is 10.1. The molecule has 2 heterocycles. The lowest BCUT2D eigenvalue weighted by Crippen LogP contribution is -2.03. The third kappa shape index (κ3) is 2.56. The zero-order valence-corrected chi connectivity index (χ0v) is 12.6. The summed E-state index contributed by atoms with van der Waals surface area (Å²) in [6.07, 6.45) is 2.73. The molecular formula is C14H15N5OS. The summed E-state index contributed by atoms with van der Waals surface area (Å²) in [6, 6.07) is 6.05. The first kappa shape index (κ1) is 13.8. The van der Waals surface area contributed by atoms with E-state index in [0.717, 1.165) is 22.9 Å². The van der Waals surface area contributed by atoms with Crippen LogP contribution in [-0.2, 0) is 13.5 Å². The number of aryl methyl sites for hydroxylation is 2. The molecule has 0 aliphatic rings. The predicted octanol–water partition coefficient (Wildman–Crippen LogP) is 2.23. The molecule has 7 heteroatoms.